The molecule has 2 rings (SSSR count). The van der Waals surface area contributed by atoms with E-state index in [4.69, 9.17) is 18.9 Å². The smallest absolute Gasteiger partial charge is 0.306 e. The van der Waals surface area contributed by atoms with Crippen LogP contribution in [0.2, 0.25) is 0 Å². The third-order valence-corrected chi connectivity index (χ3v) is 4.81. The maximum atomic E-state index is 12.8. The van der Waals surface area contributed by atoms with E-state index in [0.717, 1.165) is 0 Å². The Morgan fingerprint density at radius 1 is 0.962 bits per heavy atom. The van der Waals surface area contributed by atoms with Gasteiger partial charge < -0.3 is 18.9 Å². The minimum atomic E-state index is -0.933. The summed E-state index contributed by atoms with van der Waals surface area (Å²) in [5.41, 5.74) is -0.111. The first-order valence-corrected chi connectivity index (χ1v) is 9.33. The monoisotopic (exact) mass is 370 g/mol. The van der Waals surface area contributed by atoms with Crippen molar-refractivity contribution in [1.29, 1.82) is 0 Å². The molecule has 0 amide bonds. The molecule has 2 unspecified atom stereocenters. The molecule has 1 heterocycles. The van der Waals surface area contributed by atoms with Gasteiger partial charge in [-0.1, -0.05) is 13.8 Å². The van der Waals surface area contributed by atoms with Crippen LogP contribution in [-0.2, 0) is 33.3 Å². The number of rotatable bonds is 6. The van der Waals surface area contributed by atoms with Gasteiger partial charge in [-0.2, -0.15) is 0 Å². The Morgan fingerprint density at radius 3 is 1.77 bits per heavy atom. The standard InChI is InChI=1S/C19H30O7/c1-5-23-15(20)7-13-9-19(25-11-18(3,4)12-26-19)10-14(17(13)22)8-16(21)24-6-2/h13-14H,5-12H2,1-4H3. The van der Waals surface area contributed by atoms with Crippen LogP contribution in [0.25, 0.3) is 0 Å². The summed E-state index contributed by atoms with van der Waals surface area (Å²) < 4.78 is 22.1. The van der Waals surface area contributed by atoms with E-state index in [9.17, 15) is 14.4 Å². The summed E-state index contributed by atoms with van der Waals surface area (Å²) >= 11 is 0. The van der Waals surface area contributed by atoms with Crippen molar-refractivity contribution in [3.8, 4) is 0 Å². The van der Waals surface area contributed by atoms with Gasteiger partial charge in [-0.05, 0) is 13.8 Å². The van der Waals surface area contributed by atoms with Gasteiger partial charge in [0.15, 0.2) is 5.79 Å². The Hall–Kier alpha value is -1.47. The average molecular weight is 370 g/mol. The van der Waals surface area contributed by atoms with E-state index >= 15 is 0 Å². The van der Waals surface area contributed by atoms with E-state index in [-0.39, 0.29) is 37.3 Å². The molecule has 1 saturated carbocycles. The molecule has 0 aromatic rings. The lowest BCUT2D eigenvalue weighted by Crippen LogP contribution is -2.54. The lowest BCUT2D eigenvalue weighted by Gasteiger charge is -2.48. The number of hydrogen-bond acceptors (Lipinski definition) is 7. The summed E-state index contributed by atoms with van der Waals surface area (Å²) in [6.07, 6.45) is 0.563. The topological polar surface area (TPSA) is 88.1 Å². The largest absolute Gasteiger partial charge is 0.466 e. The number of carbonyl (C=O) groups excluding carboxylic acids is 3. The summed E-state index contributed by atoms with van der Waals surface area (Å²) in [5, 5.41) is 0. The van der Waals surface area contributed by atoms with Crippen molar-refractivity contribution in [2.75, 3.05) is 26.4 Å². The van der Waals surface area contributed by atoms with Gasteiger partial charge in [0.2, 0.25) is 0 Å². The van der Waals surface area contributed by atoms with Gasteiger partial charge in [0, 0.05) is 30.1 Å². The zero-order valence-corrected chi connectivity index (χ0v) is 16.2. The van der Waals surface area contributed by atoms with Crippen LogP contribution in [0.1, 0.15) is 53.4 Å². The molecule has 7 heteroatoms. The first kappa shape index (κ1) is 20.8. The second kappa shape index (κ2) is 8.48. The van der Waals surface area contributed by atoms with E-state index in [1.165, 1.54) is 0 Å². The van der Waals surface area contributed by atoms with Crippen molar-refractivity contribution < 1.29 is 33.3 Å². The average Bonchev–Trinajstić information content (AvgIpc) is 2.55. The van der Waals surface area contributed by atoms with Gasteiger partial charge in [0.25, 0.3) is 0 Å². The molecule has 1 saturated heterocycles. The van der Waals surface area contributed by atoms with Crippen LogP contribution in [0.3, 0.4) is 0 Å². The normalized spacial score (nSPS) is 27.2. The molecule has 0 aromatic carbocycles. The highest BCUT2D eigenvalue weighted by Gasteiger charge is 2.51. The molecule has 148 valence electrons. The first-order valence-electron chi connectivity index (χ1n) is 9.33. The van der Waals surface area contributed by atoms with Crippen LogP contribution in [0, 0.1) is 17.3 Å². The Bertz CT molecular complexity index is 496. The minimum Gasteiger partial charge on any atom is -0.466 e. The Kier molecular flexibility index (Phi) is 6.80. The van der Waals surface area contributed by atoms with Crippen molar-refractivity contribution in [3.63, 3.8) is 0 Å². The van der Waals surface area contributed by atoms with Gasteiger partial charge in [0.05, 0.1) is 39.3 Å². The molecule has 2 aliphatic rings. The quantitative estimate of drug-likeness (QED) is 0.663. The molecule has 7 nitrogen and oxygen atoms in total. The first-order chi connectivity index (χ1) is 12.2. The summed E-state index contributed by atoms with van der Waals surface area (Å²) in [6.45, 7) is 9.05. The van der Waals surface area contributed by atoms with E-state index in [0.29, 0.717) is 26.1 Å². The predicted octanol–water partition coefficient (Wildman–Crippen LogP) is 2.26. The molecule has 0 aromatic heterocycles. The fourth-order valence-electron chi connectivity index (χ4n) is 3.53. The maximum absolute atomic E-state index is 12.8. The van der Waals surface area contributed by atoms with E-state index in [1.54, 1.807) is 13.8 Å². The van der Waals surface area contributed by atoms with Crippen molar-refractivity contribution >= 4 is 17.7 Å². The minimum absolute atomic E-state index is 0.0239. The number of esters is 2. The fraction of sp³-hybridized carbons (Fsp3) is 0.842. The Labute approximate surface area is 154 Å². The summed E-state index contributed by atoms with van der Waals surface area (Å²) in [6, 6.07) is 0. The molecule has 2 fully saturated rings. The molecule has 1 aliphatic carbocycles. The van der Waals surface area contributed by atoms with Gasteiger partial charge in [-0.3, -0.25) is 14.4 Å². The Morgan fingerprint density at radius 2 is 1.38 bits per heavy atom. The third kappa shape index (κ3) is 5.27. The van der Waals surface area contributed by atoms with Crippen LogP contribution >= 0.6 is 0 Å². The highest BCUT2D eigenvalue weighted by atomic mass is 16.7. The van der Waals surface area contributed by atoms with Gasteiger partial charge in [-0.15, -0.1) is 0 Å². The SMILES string of the molecule is CCOC(=O)CC1CC2(CC(CC(=O)OCC)C1=O)OCC(C)(C)CO2. The van der Waals surface area contributed by atoms with Gasteiger partial charge in [-0.25, -0.2) is 0 Å². The van der Waals surface area contributed by atoms with Crippen LogP contribution in [0.15, 0.2) is 0 Å². The van der Waals surface area contributed by atoms with E-state index in [1.807, 2.05) is 13.8 Å². The van der Waals surface area contributed by atoms with Crippen molar-refractivity contribution in [1.82, 2.24) is 0 Å². The number of carbonyl (C=O) groups is 3. The number of Topliss-reactive ketones (excluding diaryl/α,β-unsaturated/α-hetero) is 1. The molecular weight excluding hydrogens is 340 g/mol. The van der Waals surface area contributed by atoms with Crippen LogP contribution < -0.4 is 0 Å². The zero-order valence-electron chi connectivity index (χ0n) is 16.2. The molecule has 2 atom stereocenters. The number of ether oxygens (including phenoxy) is 4. The van der Waals surface area contributed by atoms with E-state index in [2.05, 4.69) is 0 Å². The lowest BCUT2D eigenvalue weighted by molar-refractivity contribution is -0.316. The summed E-state index contributed by atoms with van der Waals surface area (Å²) in [7, 11) is 0. The highest BCUT2D eigenvalue weighted by molar-refractivity contribution is 5.90. The van der Waals surface area contributed by atoms with Crippen LogP contribution in [0.4, 0.5) is 0 Å². The molecule has 0 radical (unpaired) electrons. The van der Waals surface area contributed by atoms with Crippen molar-refractivity contribution in [2.45, 2.75) is 59.2 Å². The van der Waals surface area contributed by atoms with Gasteiger partial charge in [0.1, 0.15) is 5.78 Å². The number of ketones is 1. The Balaban J connectivity index is 2.15. The summed E-state index contributed by atoms with van der Waals surface area (Å²) in [5.74, 6) is -3.05. The predicted molar refractivity (Wildman–Crippen MR) is 92.1 cm³/mol. The number of hydrogen-bond donors (Lipinski definition) is 0. The van der Waals surface area contributed by atoms with E-state index < -0.39 is 29.6 Å². The zero-order chi connectivity index (χ0) is 19.4. The second-order valence-electron chi connectivity index (χ2n) is 7.88. The van der Waals surface area contributed by atoms with Crippen molar-refractivity contribution in [3.05, 3.63) is 0 Å². The lowest BCUT2D eigenvalue weighted by atomic mass is 9.73. The van der Waals surface area contributed by atoms with Gasteiger partial charge >= 0.3 is 11.9 Å². The fourth-order valence-corrected chi connectivity index (χ4v) is 3.53. The maximum Gasteiger partial charge on any atom is 0.306 e. The molecular formula is C19H30O7. The molecule has 1 aliphatic heterocycles. The van der Waals surface area contributed by atoms with Crippen molar-refractivity contribution in [2.24, 2.45) is 17.3 Å². The molecule has 0 N–H and O–H groups in total. The highest BCUT2D eigenvalue weighted by Crippen LogP contribution is 2.44. The summed E-state index contributed by atoms with van der Waals surface area (Å²) in [4.78, 5) is 36.7. The molecule has 1 spiro atoms. The molecule has 26 heavy (non-hydrogen) atoms. The third-order valence-electron chi connectivity index (χ3n) is 4.81. The van der Waals surface area contributed by atoms with Crippen LogP contribution in [0.5, 0.6) is 0 Å². The second-order valence-corrected chi connectivity index (χ2v) is 7.88. The molecule has 0 bridgehead atoms. The van der Waals surface area contributed by atoms with Crippen LogP contribution in [-0.4, -0.2) is 49.9 Å².